The van der Waals surface area contributed by atoms with Crippen molar-refractivity contribution in [2.24, 2.45) is 0 Å². The lowest BCUT2D eigenvalue weighted by Crippen LogP contribution is -1.95. The van der Waals surface area contributed by atoms with Crippen LogP contribution in [-0.2, 0) is 18.2 Å². The van der Waals surface area contributed by atoms with E-state index in [4.69, 9.17) is 19.6 Å². The van der Waals surface area contributed by atoms with Crippen molar-refractivity contribution in [2.45, 2.75) is 25.7 Å². The summed E-state index contributed by atoms with van der Waals surface area (Å²) < 4.78 is 28.9. The Bertz CT molecular complexity index is 249. The first kappa shape index (κ1) is 23.2. The lowest BCUT2D eigenvalue weighted by Gasteiger charge is -2.06. The fourth-order valence-corrected chi connectivity index (χ4v) is 1.66. The second-order valence-electron chi connectivity index (χ2n) is 3.06. The fourth-order valence-electron chi connectivity index (χ4n) is 0.925. The van der Waals surface area contributed by atoms with Gasteiger partial charge in [0, 0.05) is 0 Å². The van der Waals surface area contributed by atoms with Crippen LogP contribution in [-0.4, -0.2) is 32.8 Å². The van der Waals surface area contributed by atoms with Crippen LogP contribution in [0.5, 0.6) is 0 Å². The first-order valence-electron chi connectivity index (χ1n) is 4.61. The quantitative estimate of drug-likeness (QED) is 0.264. The average Bonchev–Trinajstić information content (AvgIpc) is 2.06. The van der Waals surface area contributed by atoms with Gasteiger partial charge in [-0.2, -0.15) is 0 Å². The van der Waals surface area contributed by atoms with Crippen molar-refractivity contribution in [2.75, 3.05) is 13.2 Å². The number of rotatable bonds is 9. The first-order chi connectivity index (χ1) is 7.21. The molecular weight excluding hydrogens is 290 g/mol. The highest BCUT2D eigenvalue weighted by atomic mass is 31.2. The van der Waals surface area contributed by atoms with E-state index >= 15 is 0 Å². The van der Waals surface area contributed by atoms with Crippen molar-refractivity contribution in [3.8, 4) is 0 Å². The number of phosphoric ester groups is 2. The van der Waals surface area contributed by atoms with Gasteiger partial charge in [-0.25, -0.2) is 9.13 Å². The molecule has 0 aliphatic rings. The van der Waals surface area contributed by atoms with Gasteiger partial charge in [0.1, 0.15) is 0 Å². The van der Waals surface area contributed by atoms with E-state index in [1.54, 1.807) is 0 Å². The van der Waals surface area contributed by atoms with Gasteiger partial charge in [-0.05, 0) is 12.8 Å². The summed E-state index contributed by atoms with van der Waals surface area (Å²) in [6, 6.07) is 0. The second kappa shape index (κ2) is 11.0. The molecule has 0 aromatic heterocycles. The molecule has 0 spiro atoms. The van der Waals surface area contributed by atoms with Gasteiger partial charge in [-0.1, -0.05) is 12.8 Å². The average molecular weight is 312 g/mol. The highest BCUT2D eigenvalue weighted by Crippen LogP contribution is 2.36. The third kappa shape index (κ3) is 21.4. The maximum Gasteiger partial charge on any atom is 0.469 e. The van der Waals surface area contributed by atoms with E-state index in [0.29, 0.717) is 25.7 Å². The van der Waals surface area contributed by atoms with Crippen LogP contribution in [0.1, 0.15) is 25.7 Å². The molecule has 10 nitrogen and oxygen atoms in total. The molecule has 0 bridgehead atoms. The molecule has 18 heavy (non-hydrogen) atoms. The summed E-state index contributed by atoms with van der Waals surface area (Å²) in [4.78, 5) is 33.3. The summed E-state index contributed by atoms with van der Waals surface area (Å²) in [5, 5.41) is 0. The third-order valence-electron chi connectivity index (χ3n) is 1.56. The molecule has 0 saturated carbocycles. The molecule has 0 aromatic rings. The lowest BCUT2D eigenvalue weighted by atomic mass is 10.2. The number of phosphoric acid groups is 2. The topological polar surface area (TPSA) is 204 Å². The van der Waals surface area contributed by atoms with Crippen LogP contribution in [0, 0.1) is 0 Å². The van der Waals surface area contributed by atoms with E-state index in [1.807, 2.05) is 0 Å². The minimum Gasteiger partial charge on any atom is -0.344 e. The van der Waals surface area contributed by atoms with Crippen LogP contribution < -0.4 is 12.3 Å². The zero-order valence-electron chi connectivity index (χ0n) is 9.97. The zero-order valence-corrected chi connectivity index (χ0v) is 11.8. The molecule has 12 heteroatoms. The molecule has 0 aliphatic carbocycles. The summed E-state index contributed by atoms with van der Waals surface area (Å²) in [5.74, 6) is 0. The molecule has 0 saturated heterocycles. The highest BCUT2D eigenvalue weighted by molar-refractivity contribution is 7.46. The second-order valence-corrected chi connectivity index (χ2v) is 5.54. The van der Waals surface area contributed by atoms with Crippen LogP contribution in [0.4, 0.5) is 0 Å². The Hall–Kier alpha value is 0.140. The molecule has 0 heterocycles. The normalized spacial score (nSPS) is 11.6. The van der Waals surface area contributed by atoms with E-state index in [0.717, 1.165) is 0 Å². The van der Waals surface area contributed by atoms with E-state index in [2.05, 4.69) is 9.05 Å². The van der Waals surface area contributed by atoms with E-state index in [-0.39, 0.29) is 25.5 Å². The summed E-state index contributed by atoms with van der Waals surface area (Å²) in [5.41, 5.74) is 0. The van der Waals surface area contributed by atoms with Crippen LogP contribution in [0.25, 0.3) is 0 Å². The zero-order chi connectivity index (χ0) is 12.7. The molecule has 114 valence electrons. The van der Waals surface area contributed by atoms with Crippen LogP contribution in [0.3, 0.4) is 0 Å². The summed E-state index contributed by atoms with van der Waals surface area (Å²) in [6.45, 7) is -0.0761. The van der Waals surface area contributed by atoms with E-state index in [1.165, 1.54) is 0 Å². The minimum atomic E-state index is -4.38. The smallest absolute Gasteiger partial charge is 0.344 e. The van der Waals surface area contributed by atoms with Crippen LogP contribution in [0.2, 0.25) is 0 Å². The van der Waals surface area contributed by atoms with Crippen molar-refractivity contribution in [1.29, 1.82) is 0 Å². The number of hydrogen-bond acceptors (Lipinski definition) is 6. The van der Waals surface area contributed by atoms with Gasteiger partial charge in [-0.3, -0.25) is 9.05 Å². The fraction of sp³-hybridized carbons (Fsp3) is 1.00. The molecule has 0 atom stereocenters. The Morgan fingerprint density at radius 1 is 0.667 bits per heavy atom. The predicted octanol–water partition coefficient (Wildman–Crippen LogP) is 1.09. The van der Waals surface area contributed by atoms with E-state index in [9.17, 15) is 9.13 Å². The maximum absolute atomic E-state index is 10.2. The Balaban J connectivity index is -0.00000112. The minimum absolute atomic E-state index is 0. The summed E-state index contributed by atoms with van der Waals surface area (Å²) >= 11 is 0. The first-order valence-corrected chi connectivity index (χ1v) is 7.67. The van der Waals surface area contributed by atoms with Gasteiger partial charge in [-0.15, -0.1) is 0 Å². The summed E-state index contributed by atoms with van der Waals surface area (Å²) in [6.07, 6.45) is 2.23. The Morgan fingerprint density at radius 2 is 0.944 bits per heavy atom. The molecule has 0 radical (unpaired) electrons. The van der Waals surface area contributed by atoms with Crippen molar-refractivity contribution >= 4 is 15.6 Å². The van der Waals surface area contributed by atoms with Crippen LogP contribution in [0.15, 0.2) is 0 Å². The van der Waals surface area contributed by atoms with Gasteiger partial charge in [0.05, 0.1) is 13.2 Å². The molecule has 0 aromatic carbocycles. The third-order valence-corrected chi connectivity index (χ3v) is 2.60. The largest absolute Gasteiger partial charge is 0.469 e. The van der Waals surface area contributed by atoms with Crippen LogP contribution >= 0.6 is 15.6 Å². The number of unbranched alkanes of at least 4 members (excludes halogenated alkanes) is 3. The van der Waals surface area contributed by atoms with Gasteiger partial charge in [0.25, 0.3) is 0 Å². The van der Waals surface area contributed by atoms with Crippen molar-refractivity contribution in [1.82, 2.24) is 12.3 Å². The van der Waals surface area contributed by atoms with E-state index < -0.39 is 15.6 Å². The molecule has 0 aliphatic heterocycles. The van der Waals surface area contributed by atoms with Crippen molar-refractivity contribution in [3.05, 3.63) is 0 Å². The lowest BCUT2D eigenvalue weighted by molar-refractivity contribution is 0.184. The van der Waals surface area contributed by atoms with Gasteiger partial charge >= 0.3 is 15.6 Å². The summed E-state index contributed by atoms with van der Waals surface area (Å²) in [7, 11) is -8.75. The maximum atomic E-state index is 10.2. The molecule has 10 N–H and O–H groups in total. The standard InChI is InChI=1S/C6H16O8P2.2H3N/c7-15(8,9)13-5-3-1-2-4-6-14-16(10,11)12;;/h1-6H2,(H2,7,8,9)(H2,10,11,12);2*1H3. The molecule has 0 unspecified atom stereocenters. The molecule has 0 rings (SSSR count). The highest BCUT2D eigenvalue weighted by Gasteiger charge is 2.13. The Kier molecular flexibility index (Phi) is 14.2. The SMILES string of the molecule is N.N.O=P(O)(O)OCCCCCCOP(=O)(O)O. The van der Waals surface area contributed by atoms with Gasteiger partial charge in [0.15, 0.2) is 0 Å². The van der Waals surface area contributed by atoms with Gasteiger partial charge < -0.3 is 31.9 Å². The Morgan fingerprint density at radius 3 is 1.17 bits per heavy atom. The molecular formula is C6H22N2O8P2. The Labute approximate surface area is 105 Å². The van der Waals surface area contributed by atoms with Crippen molar-refractivity contribution in [3.63, 3.8) is 0 Å². The molecule has 0 amide bonds. The molecule has 0 fully saturated rings. The van der Waals surface area contributed by atoms with Gasteiger partial charge in [0.2, 0.25) is 0 Å². The number of hydrogen-bond donors (Lipinski definition) is 6. The predicted molar refractivity (Wildman–Crippen MR) is 64.5 cm³/mol. The van der Waals surface area contributed by atoms with Crippen molar-refractivity contribution < 1.29 is 37.8 Å². The monoisotopic (exact) mass is 312 g/mol.